The maximum atomic E-state index is 11.8. The number of carbonyl (C=O) groups is 3. The van der Waals surface area contributed by atoms with Gasteiger partial charge in [0.1, 0.15) is 0 Å². The van der Waals surface area contributed by atoms with Crippen LogP contribution in [0.5, 0.6) is 11.5 Å². The van der Waals surface area contributed by atoms with E-state index in [9.17, 15) is 14.4 Å². The van der Waals surface area contributed by atoms with Crippen molar-refractivity contribution in [1.29, 1.82) is 0 Å². The van der Waals surface area contributed by atoms with Crippen LogP contribution in [-0.4, -0.2) is 48.6 Å². The molecule has 126 valence electrons. The summed E-state index contributed by atoms with van der Waals surface area (Å²) in [5.41, 5.74) is 5.17. The molecule has 0 heterocycles. The van der Waals surface area contributed by atoms with E-state index in [0.29, 0.717) is 17.1 Å². The minimum Gasteiger partial charge on any atom is -0.493 e. The standard InChI is InChI=1S/C14H18N2O6S/c1-21-10-4-3-9(5-11(10)22-2)6-12(17)15-16-13(18)7-23-8-14(19)20/h3-5H,6-8H2,1-2H3,(H,15,17)(H,16,18)(H,19,20). The lowest BCUT2D eigenvalue weighted by atomic mass is 10.1. The van der Waals surface area contributed by atoms with E-state index in [1.165, 1.54) is 14.2 Å². The number of aliphatic carboxylic acids is 1. The largest absolute Gasteiger partial charge is 0.493 e. The van der Waals surface area contributed by atoms with Crippen molar-refractivity contribution in [3.05, 3.63) is 23.8 Å². The van der Waals surface area contributed by atoms with Crippen molar-refractivity contribution >= 4 is 29.5 Å². The summed E-state index contributed by atoms with van der Waals surface area (Å²) in [5, 5.41) is 8.45. The maximum absolute atomic E-state index is 11.8. The first kappa shape index (κ1) is 18.6. The summed E-state index contributed by atoms with van der Waals surface area (Å²) >= 11 is 0.941. The molecule has 0 spiro atoms. The number of benzene rings is 1. The second kappa shape index (κ2) is 9.57. The van der Waals surface area contributed by atoms with E-state index < -0.39 is 17.8 Å². The van der Waals surface area contributed by atoms with Crippen molar-refractivity contribution in [3.63, 3.8) is 0 Å². The number of amides is 2. The number of rotatable bonds is 8. The minimum atomic E-state index is -1.000. The van der Waals surface area contributed by atoms with E-state index in [-0.39, 0.29) is 17.9 Å². The Morgan fingerprint density at radius 1 is 1.04 bits per heavy atom. The summed E-state index contributed by atoms with van der Waals surface area (Å²) in [4.78, 5) is 33.5. The van der Waals surface area contributed by atoms with Crippen LogP contribution in [0.3, 0.4) is 0 Å². The van der Waals surface area contributed by atoms with Gasteiger partial charge in [0.2, 0.25) is 11.8 Å². The molecule has 9 heteroatoms. The molecule has 1 aromatic carbocycles. The first-order valence-corrected chi connectivity index (χ1v) is 7.70. The highest BCUT2D eigenvalue weighted by Crippen LogP contribution is 2.27. The lowest BCUT2D eigenvalue weighted by Crippen LogP contribution is -2.43. The van der Waals surface area contributed by atoms with E-state index in [1.807, 2.05) is 0 Å². The van der Waals surface area contributed by atoms with E-state index in [4.69, 9.17) is 14.6 Å². The molecule has 0 aliphatic carbocycles. The number of ether oxygens (including phenoxy) is 2. The minimum absolute atomic E-state index is 0.0445. The van der Waals surface area contributed by atoms with Gasteiger partial charge >= 0.3 is 5.97 Å². The van der Waals surface area contributed by atoms with E-state index in [2.05, 4.69) is 10.9 Å². The van der Waals surface area contributed by atoms with Gasteiger partial charge in [0, 0.05) is 0 Å². The predicted octanol–water partition coefficient (Wildman–Crippen LogP) is 0.212. The summed E-state index contributed by atoms with van der Waals surface area (Å²) in [7, 11) is 3.01. The van der Waals surface area contributed by atoms with Gasteiger partial charge < -0.3 is 14.6 Å². The fourth-order valence-corrected chi connectivity index (χ4v) is 2.16. The Morgan fingerprint density at radius 3 is 2.30 bits per heavy atom. The number of carbonyl (C=O) groups excluding carboxylic acids is 2. The molecule has 0 aliphatic rings. The fourth-order valence-electron chi connectivity index (χ4n) is 1.63. The molecule has 1 rings (SSSR count). The molecule has 8 nitrogen and oxygen atoms in total. The van der Waals surface area contributed by atoms with Crippen molar-refractivity contribution < 1.29 is 29.0 Å². The molecule has 23 heavy (non-hydrogen) atoms. The zero-order valence-corrected chi connectivity index (χ0v) is 13.6. The summed E-state index contributed by atoms with van der Waals surface area (Å²) < 4.78 is 10.2. The van der Waals surface area contributed by atoms with Crippen LogP contribution in [0.2, 0.25) is 0 Å². The van der Waals surface area contributed by atoms with Crippen molar-refractivity contribution in [2.75, 3.05) is 25.7 Å². The number of thioether (sulfide) groups is 1. The fraction of sp³-hybridized carbons (Fsp3) is 0.357. The predicted molar refractivity (Wildman–Crippen MR) is 84.5 cm³/mol. The normalized spacial score (nSPS) is 9.83. The lowest BCUT2D eigenvalue weighted by Gasteiger charge is -2.10. The van der Waals surface area contributed by atoms with Crippen LogP contribution in [0.25, 0.3) is 0 Å². The van der Waals surface area contributed by atoms with Gasteiger partial charge in [-0.3, -0.25) is 25.2 Å². The monoisotopic (exact) mass is 342 g/mol. The lowest BCUT2D eigenvalue weighted by molar-refractivity contribution is -0.134. The number of carboxylic acids is 1. The number of methoxy groups -OCH3 is 2. The second-order valence-corrected chi connectivity index (χ2v) is 5.33. The van der Waals surface area contributed by atoms with Gasteiger partial charge in [-0.05, 0) is 17.7 Å². The Bertz CT molecular complexity index is 578. The second-order valence-electron chi connectivity index (χ2n) is 4.35. The Balaban J connectivity index is 2.42. The molecule has 0 unspecified atom stereocenters. The zero-order chi connectivity index (χ0) is 17.2. The van der Waals surface area contributed by atoms with Gasteiger partial charge in [0.15, 0.2) is 11.5 Å². The van der Waals surface area contributed by atoms with Crippen molar-refractivity contribution in [2.24, 2.45) is 0 Å². The van der Waals surface area contributed by atoms with Gasteiger partial charge in [-0.1, -0.05) is 6.07 Å². The third-order valence-electron chi connectivity index (χ3n) is 2.61. The van der Waals surface area contributed by atoms with E-state index in [0.717, 1.165) is 11.8 Å². The summed E-state index contributed by atoms with van der Waals surface area (Å²) in [6.45, 7) is 0. The summed E-state index contributed by atoms with van der Waals surface area (Å²) in [6.07, 6.45) is 0.0445. The maximum Gasteiger partial charge on any atom is 0.313 e. The highest BCUT2D eigenvalue weighted by atomic mass is 32.2. The van der Waals surface area contributed by atoms with Crippen molar-refractivity contribution in [2.45, 2.75) is 6.42 Å². The van der Waals surface area contributed by atoms with E-state index >= 15 is 0 Å². The van der Waals surface area contributed by atoms with Crippen LogP contribution in [0.4, 0.5) is 0 Å². The molecule has 3 N–H and O–H groups in total. The number of nitrogens with one attached hydrogen (secondary N) is 2. The quantitative estimate of drug-likeness (QED) is 0.579. The first-order valence-electron chi connectivity index (χ1n) is 6.54. The molecule has 0 fully saturated rings. The highest BCUT2D eigenvalue weighted by molar-refractivity contribution is 8.00. The van der Waals surface area contributed by atoms with Crippen LogP contribution < -0.4 is 20.3 Å². The van der Waals surface area contributed by atoms with Gasteiger partial charge in [0.05, 0.1) is 32.1 Å². The van der Waals surface area contributed by atoms with Crippen LogP contribution >= 0.6 is 11.8 Å². The Morgan fingerprint density at radius 2 is 1.70 bits per heavy atom. The highest BCUT2D eigenvalue weighted by Gasteiger charge is 2.10. The van der Waals surface area contributed by atoms with Crippen molar-refractivity contribution in [1.82, 2.24) is 10.9 Å². The summed E-state index contributed by atoms with van der Waals surface area (Å²) in [5.74, 6) is -1.05. The molecule has 1 aromatic rings. The molecule has 0 radical (unpaired) electrons. The Kier molecular flexibility index (Phi) is 7.75. The smallest absolute Gasteiger partial charge is 0.313 e. The van der Waals surface area contributed by atoms with Gasteiger partial charge in [-0.15, -0.1) is 11.8 Å². The number of hydrogen-bond acceptors (Lipinski definition) is 6. The van der Waals surface area contributed by atoms with Crippen LogP contribution in [-0.2, 0) is 20.8 Å². The zero-order valence-electron chi connectivity index (χ0n) is 12.8. The Hall–Kier alpha value is -2.42. The number of hydrazine groups is 1. The molecule has 0 saturated carbocycles. The van der Waals surface area contributed by atoms with Gasteiger partial charge in [-0.25, -0.2) is 0 Å². The molecule has 0 aromatic heterocycles. The molecule has 0 aliphatic heterocycles. The topological polar surface area (TPSA) is 114 Å². The molecule has 2 amide bonds. The van der Waals surface area contributed by atoms with Crippen LogP contribution in [0.1, 0.15) is 5.56 Å². The average molecular weight is 342 g/mol. The first-order chi connectivity index (χ1) is 11.0. The van der Waals surface area contributed by atoms with Gasteiger partial charge in [0.25, 0.3) is 0 Å². The van der Waals surface area contributed by atoms with E-state index in [1.54, 1.807) is 18.2 Å². The third-order valence-corrected chi connectivity index (χ3v) is 3.53. The Labute approximate surface area is 137 Å². The van der Waals surface area contributed by atoms with Crippen LogP contribution in [0, 0.1) is 0 Å². The molecular weight excluding hydrogens is 324 g/mol. The molecular formula is C14H18N2O6S. The average Bonchev–Trinajstić information content (AvgIpc) is 2.52. The summed E-state index contributed by atoms with van der Waals surface area (Å²) in [6, 6.07) is 5.07. The number of carboxylic acid groups (broad SMARTS) is 1. The van der Waals surface area contributed by atoms with Crippen molar-refractivity contribution in [3.8, 4) is 11.5 Å². The molecule has 0 bridgehead atoms. The van der Waals surface area contributed by atoms with Crippen LogP contribution in [0.15, 0.2) is 18.2 Å². The SMILES string of the molecule is COc1ccc(CC(=O)NNC(=O)CSCC(=O)O)cc1OC. The third kappa shape index (κ3) is 6.92. The number of hydrogen-bond donors (Lipinski definition) is 3. The van der Waals surface area contributed by atoms with Gasteiger partial charge in [-0.2, -0.15) is 0 Å². The molecule has 0 saturated heterocycles. The molecule has 0 atom stereocenters.